The van der Waals surface area contributed by atoms with E-state index in [1.54, 1.807) is 10.8 Å². The smallest absolute Gasteiger partial charge is 0.283 e. The third-order valence-corrected chi connectivity index (χ3v) is 3.72. The Morgan fingerprint density at radius 2 is 2.25 bits per heavy atom. The predicted octanol–water partition coefficient (Wildman–Crippen LogP) is 2.76. The number of aryl methyl sites for hydroxylation is 1. The summed E-state index contributed by atoms with van der Waals surface area (Å²) < 4.78 is 2.04. The molecule has 106 valence electrons. The molecule has 2 rings (SSSR count). The van der Waals surface area contributed by atoms with Crippen molar-refractivity contribution in [2.75, 3.05) is 6.54 Å². The Morgan fingerprint density at radius 3 is 3.00 bits per heavy atom. The minimum atomic E-state index is -0.102. The molecule has 0 aliphatic rings. The Kier molecular flexibility index (Phi) is 5.34. The molecule has 0 fully saturated rings. The molecule has 0 amide bonds. The molecule has 0 saturated heterocycles. The number of benzene rings is 1. The molecule has 0 aliphatic carbocycles. The number of hydrogen-bond acceptors (Lipinski definition) is 3. The molecule has 0 spiro atoms. The number of aromatic nitrogens is 2. The van der Waals surface area contributed by atoms with E-state index in [0.29, 0.717) is 17.7 Å². The summed E-state index contributed by atoms with van der Waals surface area (Å²) in [4.78, 5) is 15.9. The van der Waals surface area contributed by atoms with Gasteiger partial charge in [-0.05, 0) is 40.5 Å². The molecule has 0 radical (unpaired) electrons. The zero-order valence-corrected chi connectivity index (χ0v) is 13.4. The van der Waals surface area contributed by atoms with Crippen LogP contribution < -0.4 is 10.9 Å². The SMILES string of the molecule is Cc1cnc(Br)c(=O)n1CCNCc1cccc(Cl)c1. The molecule has 0 unspecified atom stereocenters. The van der Waals surface area contributed by atoms with Crippen molar-refractivity contribution >= 4 is 27.5 Å². The number of rotatable bonds is 5. The first-order chi connectivity index (χ1) is 9.58. The normalized spacial score (nSPS) is 10.8. The van der Waals surface area contributed by atoms with E-state index >= 15 is 0 Å². The lowest BCUT2D eigenvalue weighted by atomic mass is 10.2. The summed E-state index contributed by atoms with van der Waals surface area (Å²) in [6.45, 7) is 3.90. The minimum absolute atomic E-state index is 0.102. The van der Waals surface area contributed by atoms with Gasteiger partial charge in [0.2, 0.25) is 0 Å². The lowest BCUT2D eigenvalue weighted by Crippen LogP contribution is -2.29. The second-order valence-corrected chi connectivity index (χ2v) is 5.64. The number of nitrogens with zero attached hydrogens (tertiary/aromatic N) is 2. The van der Waals surface area contributed by atoms with Crippen LogP contribution in [0.3, 0.4) is 0 Å². The Hall–Kier alpha value is -1.17. The van der Waals surface area contributed by atoms with Crippen molar-refractivity contribution in [3.63, 3.8) is 0 Å². The fraction of sp³-hybridized carbons (Fsp3) is 0.286. The van der Waals surface area contributed by atoms with E-state index in [9.17, 15) is 4.79 Å². The van der Waals surface area contributed by atoms with Gasteiger partial charge in [0, 0.05) is 36.5 Å². The highest BCUT2D eigenvalue weighted by Gasteiger charge is 2.04. The first-order valence-electron chi connectivity index (χ1n) is 6.25. The summed E-state index contributed by atoms with van der Waals surface area (Å²) in [5.41, 5.74) is 1.87. The Morgan fingerprint density at radius 1 is 1.45 bits per heavy atom. The minimum Gasteiger partial charge on any atom is -0.311 e. The van der Waals surface area contributed by atoms with Gasteiger partial charge in [-0.2, -0.15) is 0 Å². The molecule has 1 N–H and O–H groups in total. The molecule has 0 aliphatic heterocycles. The quantitative estimate of drug-likeness (QED) is 0.838. The number of nitrogens with one attached hydrogen (secondary N) is 1. The molecule has 1 heterocycles. The molecule has 1 aromatic carbocycles. The van der Waals surface area contributed by atoms with E-state index in [2.05, 4.69) is 26.2 Å². The summed E-state index contributed by atoms with van der Waals surface area (Å²) in [6, 6.07) is 7.71. The van der Waals surface area contributed by atoms with Crippen LogP contribution in [0.25, 0.3) is 0 Å². The molecule has 0 saturated carbocycles. The third-order valence-electron chi connectivity index (χ3n) is 2.94. The van der Waals surface area contributed by atoms with Gasteiger partial charge in [-0.3, -0.25) is 4.79 Å². The van der Waals surface area contributed by atoms with Crippen LogP contribution in [0.1, 0.15) is 11.3 Å². The lowest BCUT2D eigenvalue weighted by molar-refractivity contribution is 0.570. The highest BCUT2D eigenvalue weighted by Crippen LogP contribution is 2.10. The van der Waals surface area contributed by atoms with Gasteiger partial charge < -0.3 is 9.88 Å². The van der Waals surface area contributed by atoms with E-state index in [-0.39, 0.29) is 5.56 Å². The first-order valence-corrected chi connectivity index (χ1v) is 7.42. The number of halogens is 2. The second-order valence-electron chi connectivity index (χ2n) is 4.45. The highest BCUT2D eigenvalue weighted by atomic mass is 79.9. The Bertz CT molecular complexity index is 657. The van der Waals surface area contributed by atoms with Gasteiger partial charge in [0.15, 0.2) is 4.60 Å². The maximum Gasteiger partial charge on any atom is 0.283 e. The molecule has 0 atom stereocenters. The molecular weight excluding hydrogens is 342 g/mol. The van der Waals surface area contributed by atoms with Crippen molar-refractivity contribution in [2.24, 2.45) is 0 Å². The Labute approximate surface area is 130 Å². The molecular formula is C14H15BrClN3O. The van der Waals surface area contributed by atoms with Gasteiger partial charge in [0.05, 0.1) is 0 Å². The van der Waals surface area contributed by atoms with Crippen LogP contribution in [0.15, 0.2) is 39.9 Å². The highest BCUT2D eigenvalue weighted by molar-refractivity contribution is 9.10. The molecule has 0 bridgehead atoms. The maximum atomic E-state index is 11.9. The van der Waals surface area contributed by atoms with Gasteiger partial charge in [-0.15, -0.1) is 0 Å². The van der Waals surface area contributed by atoms with E-state index in [1.807, 2.05) is 31.2 Å². The van der Waals surface area contributed by atoms with Gasteiger partial charge in [-0.1, -0.05) is 23.7 Å². The largest absolute Gasteiger partial charge is 0.311 e. The van der Waals surface area contributed by atoms with Crippen molar-refractivity contribution in [1.82, 2.24) is 14.9 Å². The monoisotopic (exact) mass is 355 g/mol. The van der Waals surface area contributed by atoms with E-state index < -0.39 is 0 Å². The summed E-state index contributed by atoms with van der Waals surface area (Å²) in [6.07, 6.45) is 1.68. The molecule has 2 aromatic rings. The van der Waals surface area contributed by atoms with E-state index in [1.165, 1.54) is 0 Å². The van der Waals surface area contributed by atoms with Crippen LogP contribution >= 0.6 is 27.5 Å². The van der Waals surface area contributed by atoms with Crippen LogP contribution in [-0.4, -0.2) is 16.1 Å². The van der Waals surface area contributed by atoms with Crippen molar-refractivity contribution in [3.8, 4) is 0 Å². The zero-order chi connectivity index (χ0) is 14.5. The molecule has 1 aromatic heterocycles. The summed E-state index contributed by atoms with van der Waals surface area (Å²) in [7, 11) is 0. The summed E-state index contributed by atoms with van der Waals surface area (Å²) >= 11 is 9.08. The predicted molar refractivity (Wildman–Crippen MR) is 84.1 cm³/mol. The van der Waals surface area contributed by atoms with Gasteiger partial charge in [-0.25, -0.2) is 4.98 Å². The third kappa shape index (κ3) is 3.91. The number of hydrogen-bond donors (Lipinski definition) is 1. The van der Waals surface area contributed by atoms with Crippen LogP contribution in [0.5, 0.6) is 0 Å². The van der Waals surface area contributed by atoms with Gasteiger partial charge in [0.25, 0.3) is 5.56 Å². The summed E-state index contributed by atoms with van der Waals surface area (Å²) in [5.74, 6) is 0. The van der Waals surface area contributed by atoms with Crippen molar-refractivity contribution in [1.29, 1.82) is 0 Å². The zero-order valence-electron chi connectivity index (χ0n) is 11.1. The lowest BCUT2D eigenvalue weighted by Gasteiger charge is -2.10. The Balaban J connectivity index is 1.91. The average Bonchev–Trinajstić information content (AvgIpc) is 2.42. The molecule has 20 heavy (non-hydrogen) atoms. The van der Waals surface area contributed by atoms with Crippen LogP contribution in [-0.2, 0) is 13.1 Å². The van der Waals surface area contributed by atoms with Crippen LogP contribution in [0, 0.1) is 6.92 Å². The second kappa shape index (κ2) is 7.02. The fourth-order valence-corrected chi connectivity index (χ4v) is 2.42. The van der Waals surface area contributed by atoms with E-state index in [4.69, 9.17) is 11.6 Å². The standard InChI is InChI=1S/C14H15BrClN3O/c1-10-8-18-13(15)14(20)19(10)6-5-17-9-11-3-2-4-12(16)7-11/h2-4,7-8,17H,5-6,9H2,1H3. The van der Waals surface area contributed by atoms with Crippen LogP contribution in [0.2, 0.25) is 5.02 Å². The maximum absolute atomic E-state index is 11.9. The molecule has 4 nitrogen and oxygen atoms in total. The van der Waals surface area contributed by atoms with Gasteiger partial charge >= 0.3 is 0 Å². The fourth-order valence-electron chi connectivity index (χ4n) is 1.89. The van der Waals surface area contributed by atoms with E-state index in [0.717, 1.165) is 22.8 Å². The molecule has 6 heteroatoms. The first kappa shape index (κ1) is 15.2. The van der Waals surface area contributed by atoms with Crippen molar-refractivity contribution in [3.05, 3.63) is 61.7 Å². The van der Waals surface area contributed by atoms with Crippen molar-refractivity contribution in [2.45, 2.75) is 20.0 Å². The van der Waals surface area contributed by atoms with Crippen molar-refractivity contribution < 1.29 is 0 Å². The van der Waals surface area contributed by atoms with Gasteiger partial charge in [0.1, 0.15) is 0 Å². The average molecular weight is 357 g/mol. The van der Waals surface area contributed by atoms with Crippen LogP contribution in [0.4, 0.5) is 0 Å². The summed E-state index contributed by atoms with van der Waals surface area (Å²) in [5, 5.41) is 4.03. The topological polar surface area (TPSA) is 46.9 Å².